The fourth-order valence-corrected chi connectivity index (χ4v) is 8.57. The lowest BCUT2D eigenvalue weighted by atomic mass is 9.78. The molecule has 2 aliphatic heterocycles. The van der Waals surface area contributed by atoms with E-state index in [2.05, 4.69) is 105 Å². The van der Waals surface area contributed by atoms with Gasteiger partial charge >= 0.3 is 5.97 Å². The summed E-state index contributed by atoms with van der Waals surface area (Å²) < 4.78 is 5.80. The molecule has 2 heterocycles. The molecule has 5 heteroatoms. The van der Waals surface area contributed by atoms with Gasteiger partial charge in [0.2, 0.25) is 0 Å². The number of hydrogen-bond donors (Lipinski definition) is 2. The number of allylic oxidation sites excluding steroid dienone is 1. The first-order valence-electron chi connectivity index (χ1n) is 20.8. The fourth-order valence-electron chi connectivity index (χ4n) is 8.57. The van der Waals surface area contributed by atoms with Crippen molar-refractivity contribution in [2.45, 2.75) is 252 Å². The van der Waals surface area contributed by atoms with Gasteiger partial charge in [0.25, 0.3) is 0 Å². The first-order valence-corrected chi connectivity index (χ1v) is 20.8. The lowest BCUT2D eigenvalue weighted by Gasteiger charge is -2.54. The number of piperidine rings is 2. The van der Waals surface area contributed by atoms with Crippen LogP contribution in [0.1, 0.15) is 218 Å². The van der Waals surface area contributed by atoms with Gasteiger partial charge in [-0.1, -0.05) is 130 Å². The average Bonchev–Trinajstić information content (AvgIpc) is 2.91. The lowest BCUT2D eigenvalue weighted by Crippen LogP contribution is -2.61. The summed E-state index contributed by atoms with van der Waals surface area (Å²) in [5, 5.41) is 13.7. The Morgan fingerprint density at radius 1 is 0.694 bits per heavy atom. The minimum atomic E-state index is -0.167. The van der Waals surface area contributed by atoms with Gasteiger partial charge in [0.1, 0.15) is 6.10 Å². The van der Waals surface area contributed by atoms with Crippen molar-refractivity contribution in [1.82, 2.24) is 10.2 Å². The van der Waals surface area contributed by atoms with Gasteiger partial charge in [0, 0.05) is 48.0 Å². The van der Waals surface area contributed by atoms with Crippen molar-refractivity contribution < 1.29 is 14.6 Å². The molecule has 0 aromatic heterocycles. The van der Waals surface area contributed by atoms with E-state index < -0.39 is 0 Å². The summed E-state index contributed by atoms with van der Waals surface area (Å²) in [4.78, 5) is 14.8. The summed E-state index contributed by atoms with van der Waals surface area (Å²) in [6.07, 6.45) is 30.0. The molecule has 49 heavy (non-hydrogen) atoms. The Morgan fingerprint density at radius 3 is 1.51 bits per heavy atom. The second kappa shape index (κ2) is 22.2. The van der Waals surface area contributed by atoms with Crippen molar-refractivity contribution >= 4 is 5.97 Å². The van der Waals surface area contributed by atoms with E-state index in [1.54, 1.807) is 0 Å². The van der Waals surface area contributed by atoms with Crippen molar-refractivity contribution in [2.75, 3.05) is 6.54 Å². The molecule has 2 saturated heterocycles. The lowest BCUT2D eigenvalue weighted by molar-refractivity contribution is -0.153. The van der Waals surface area contributed by atoms with Crippen LogP contribution in [0.4, 0.5) is 0 Å². The number of unbranched alkanes of at least 4 members (excludes halogenated alkanes) is 14. The highest BCUT2D eigenvalue weighted by molar-refractivity contribution is 5.69. The van der Waals surface area contributed by atoms with Crippen LogP contribution in [-0.4, -0.2) is 56.9 Å². The van der Waals surface area contributed by atoms with Crippen molar-refractivity contribution in [1.29, 1.82) is 0 Å². The number of nitrogens with one attached hydrogen (secondary N) is 1. The number of hydrogen-bond acceptors (Lipinski definition) is 5. The van der Waals surface area contributed by atoms with Crippen LogP contribution < -0.4 is 5.32 Å². The van der Waals surface area contributed by atoms with Crippen LogP contribution in [-0.2, 0) is 9.53 Å². The van der Waals surface area contributed by atoms with Crippen LogP contribution in [0.5, 0.6) is 0 Å². The fraction of sp³-hybridized carbons (Fsp3) is 0.932. The molecule has 0 aromatic rings. The van der Waals surface area contributed by atoms with Crippen molar-refractivity contribution in [2.24, 2.45) is 5.41 Å². The molecule has 0 aromatic carbocycles. The average molecular weight is 691 g/mol. The Labute approximate surface area is 306 Å². The predicted molar refractivity (Wildman–Crippen MR) is 213 cm³/mol. The maximum Gasteiger partial charge on any atom is 0.306 e. The van der Waals surface area contributed by atoms with Gasteiger partial charge in [0.15, 0.2) is 0 Å². The second-order valence-electron chi connectivity index (χ2n) is 19.6. The molecule has 290 valence electrons. The highest BCUT2D eigenvalue weighted by atomic mass is 16.5. The summed E-state index contributed by atoms with van der Waals surface area (Å²) in [5.41, 5.74) is 0.544. The van der Waals surface area contributed by atoms with E-state index in [1.165, 1.54) is 83.5 Å². The Hall–Kier alpha value is -0.910. The highest BCUT2D eigenvalue weighted by Crippen LogP contribution is 2.38. The van der Waals surface area contributed by atoms with Gasteiger partial charge in [-0.25, -0.2) is 0 Å². The number of likely N-dealkylation sites (tertiary alicyclic amines) is 1. The van der Waals surface area contributed by atoms with E-state index in [1.807, 2.05) is 0 Å². The second-order valence-corrected chi connectivity index (χ2v) is 19.6. The molecule has 0 saturated carbocycles. The number of carbonyl (C=O) groups excluding carboxylic acids is 1. The molecule has 5 nitrogen and oxygen atoms in total. The SMILES string of the molecule is CC(C)(C)CC=CCN1C(C)(C)CC(O)CC1(C)C.CCCCCCCCCCCCCCCCCC(=O)OC1CC(C)(C)NC(C)(C)C1. The van der Waals surface area contributed by atoms with Crippen molar-refractivity contribution in [3.8, 4) is 0 Å². The number of aliphatic hydroxyl groups excluding tert-OH is 1. The monoisotopic (exact) mass is 691 g/mol. The van der Waals surface area contributed by atoms with Gasteiger partial charge in [-0.2, -0.15) is 0 Å². The summed E-state index contributed by atoms with van der Waals surface area (Å²) in [5.74, 6) is 0.00296. The standard InChI is InChI=1S/C27H53NO2.C17H33NO/c1-6-7-8-9-10-11-12-13-14-15-16-17-18-19-20-21-25(29)30-24-22-26(2,3)28-27(4,5)23-24;1-15(2,3)10-8-9-11-18-16(4,5)12-14(19)13-17(18,6)7/h24,28H,6-23H2,1-5H3;8-9,14,19H,10-13H2,1-7H3. The van der Waals surface area contributed by atoms with Crippen LogP contribution in [0.3, 0.4) is 0 Å². The molecule has 2 rings (SSSR count). The molecule has 0 atom stereocenters. The van der Waals surface area contributed by atoms with Crippen LogP contribution in [0.15, 0.2) is 12.2 Å². The molecular weight excluding hydrogens is 604 g/mol. The number of nitrogens with zero attached hydrogens (tertiary/aromatic N) is 1. The Kier molecular flexibility index (Phi) is 20.9. The number of ether oxygens (including phenoxy) is 1. The number of carbonyl (C=O) groups is 1. The first kappa shape index (κ1) is 46.1. The molecule has 0 amide bonds. The largest absolute Gasteiger partial charge is 0.462 e. The molecule has 0 aliphatic carbocycles. The number of rotatable bonds is 20. The van der Waals surface area contributed by atoms with Gasteiger partial charge in [-0.3, -0.25) is 9.69 Å². The van der Waals surface area contributed by atoms with E-state index in [4.69, 9.17) is 4.74 Å². The van der Waals surface area contributed by atoms with Gasteiger partial charge in [-0.15, -0.1) is 0 Å². The molecule has 2 aliphatic rings. The molecule has 0 bridgehead atoms. The maximum absolute atomic E-state index is 12.2. The highest BCUT2D eigenvalue weighted by Gasteiger charge is 2.44. The Balaban J connectivity index is 0.000000542. The minimum absolute atomic E-state index is 0.00296. The number of aliphatic hydroxyl groups is 1. The molecular formula is C44H86N2O3. The molecule has 2 N–H and O–H groups in total. The molecule has 0 spiro atoms. The quantitative estimate of drug-likeness (QED) is 0.0756. The van der Waals surface area contributed by atoms with Gasteiger partial charge in [0.05, 0.1) is 6.10 Å². The van der Waals surface area contributed by atoms with Crippen LogP contribution >= 0.6 is 0 Å². The Morgan fingerprint density at radius 2 is 1.10 bits per heavy atom. The number of esters is 1. The van der Waals surface area contributed by atoms with Crippen LogP contribution in [0.25, 0.3) is 0 Å². The van der Waals surface area contributed by atoms with E-state index in [0.717, 1.165) is 51.5 Å². The third-order valence-electron chi connectivity index (χ3n) is 10.6. The van der Waals surface area contributed by atoms with Gasteiger partial charge in [-0.05, 0) is 86.5 Å². The van der Waals surface area contributed by atoms with Crippen molar-refractivity contribution in [3.05, 3.63) is 12.2 Å². The van der Waals surface area contributed by atoms with E-state index >= 15 is 0 Å². The predicted octanol–water partition coefficient (Wildman–Crippen LogP) is 12.1. The third-order valence-corrected chi connectivity index (χ3v) is 10.6. The summed E-state index contributed by atoms with van der Waals surface area (Å²) in [7, 11) is 0. The van der Waals surface area contributed by atoms with E-state index in [0.29, 0.717) is 11.8 Å². The minimum Gasteiger partial charge on any atom is -0.462 e. The zero-order valence-corrected chi connectivity index (χ0v) is 35.1. The maximum atomic E-state index is 12.2. The summed E-state index contributed by atoms with van der Waals surface area (Å²) in [6.45, 7) is 27.8. The van der Waals surface area contributed by atoms with E-state index in [-0.39, 0.29) is 40.3 Å². The van der Waals surface area contributed by atoms with E-state index in [9.17, 15) is 9.90 Å². The van der Waals surface area contributed by atoms with Crippen LogP contribution in [0.2, 0.25) is 0 Å². The smallest absolute Gasteiger partial charge is 0.306 e. The third kappa shape index (κ3) is 21.9. The van der Waals surface area contributed by atoms with Crippen molar-refractivity contribution in [3.63, 3.8) is 0 Å². The zero-order valence-electron chi connectivity index (χ0n) is 35.1. The normalized spacial score (nSPS) is 21.0. The summed E-state index contributed by atoms with van der Waals surface area (Å²) in [6, 6.07) is 0. The molecule has 0 unspecified atom stereocenters. The molecule has 0 radical (unpaired) electrons. The molecule has 2 fully saturated rings. The Bertz CT molecular complexity index is 880. The summed E-state index contributed by atoms with van der Waals surface area (Å²) >= 11 is 0. The van der Waals surface area contributed by atoms with Crippen LogP contribution in [0, 0.1) is 5.41 Å². The zero-order chi connectivity index (χ0) is 37.2. The van der Waals surface area contributed by atoms with Gasteiger partial charge < -0.3 is 15.2 Å². The topological polar surface area (TPSA) is 61.8 Å². The first-order chi connectivity index (χ1) is 22.7.